The van der Waals surface area contributed by atoms with Crippen molar-refractivity contribution < 1.29 is 0 Å². The molecule has 6 aliphatic rings. The third-order valence-electron chi connectivity index (χ3n) is 21.9. The van der Waals surface area contributed by atoms with E-state index in [1.54, 1.807) is 26.8 Å². The first-order chi connectivity index (χ1) is 42.0. The standard InChI is InChI=1S/C84H66Se/c1-7-25-61-49-73-67(43-55(61)19-1)31-13-37-79(73)85(80-38-14-32-68-44-56-20-2-8-26-62(56)50-74(68)80,81-39-15-33-69-45-57-21-3-9-27-63(57)51-75(69)81,82-40-16-34-70-46-58-22-4-10-28-64(58)52-76(70)82,83-41-17-35-71-47-59-23-5-11-29-65(59)53-77(71)83)84-42-18-36-72-48-60-24-6-12-30-66(60)54-78(72)84/h1-42H,43-54H2. The maximum atomic E-state index is 2.79. The van der Waals surface area contributed by atoms with Gasteiger partial charge in [-0.1, -0.05) is 0 Å². The molecule has 0 radical (unpaired) electrons. The van der Waals surface area contributed by atoms with Gasteiger partial charge in [0, 0.05) is 0 Å². The van der Waals surface area contributed by atoms with Crippen molar-refractivity contribution in [3.8, 4) is 0 Å². The molecule has 6 aliphatic carbocycles. The van der Waals surface area contributed by atoms with Crippen LogP contribution in [0.2, 0.25) is 0 Å². The predicted molar refractivity (Wildman–Crippen MR) is 355 cm³/mol. The van der Waals surface area contributed by atoms with Crippen LogP contribution in [0.5, 0.6) is 0 Å². The molecule has 0 heterocycles. The molecule has 0 unspecified atom stereocenters. The molecule has 0 aliphatic heterocycles. The summed E-state index contributed by atoms with van der Waals surface area (Å²) in [6, 6.07) is 104. The summed E-state index contributed by atoms with van der Waals surface area (Å²) in [5, 5.41) is 0. The van der Waals surface area contributed by atoms with Crippen molar-refractivity contribution in [1.29, 1.82) is 0 Å². The molecule has 0 spiro atoms. The molecule has 0 fully saturated rings. The van der Waals surface area contributed by atoms with Gasteiger partial charge in [-0.3, -0.25) is 0 Å². The number of hydrogen-bond donors (Lipinski definition) is 0. The van der Waals surface area contributed by atoms with Gasteiger partial charge in [0.1, 0.15) is 0 Å². The Morgan fingerprint density at radius 2 is 0.259 bits per heavy atom. The van der Waals surface area contributed by atoms with E-state index in [0.29, 0.717) is 0 Å². The van der Waals surface area contributed by atoms with Crippen LogP contribution in [0.1, 0.15) is 134 Å². The maximum absolute atomic E-state index is 6.76. The molecule has 0 nitrogen and oxygen atoms in total. The first kappa shape index (κ1) is 49.6. The van der Waals surface area contributed by atoms with Crippen molar-refractivity contribution in [2.24, 2.45) is 0 Å². The fraction of sp³-hybridized carbons (Fsp3) is 0.143. The van der Waals surface area contributed by atoms with Crippen LogP contribution in [0.4, 0.5) is 0 Å². The fourth-order valence-electron chi connectivity index (χ4n) is 18.3. The molecule has 18 rings (SSSR count). The first-order valence-corrected chi connectivity index (χ1v) is 36.3. The van der Waals surface area contributed by atoms with Crippen LogP contribution in [0, 0.1) is 0 Å². The SMILES string of the molecule is c1ccc2c(c1)Cc1cccc([Se](c3cccc4c3Cc3ccccc3C4)(c3cccc4c3Cc3ccccc3C4)(c3cccc4c3Cc3ccccc3C4)(c3cccc4c3Cc3ccccc3C4)c3cccc4c3Cc3ccccc3C4)c1C2. The van der Waals surface area contributed by atoms with Gasteiger partial charge in [0.05, 0.1) is 0 Å². The average Bonchev–Trinajstić information content (AvgIpc) is 0.599. The quantitative estimate of drug-likeness (QED) is 0.146. The third-order valence-corrected chi connectivity index (χ3v) is 40.5. The molecule has 0 saturated carbocycles. The summed E-state index contributed by atoms with van der Waals surface area (Å²) in [6.45, 7) is 0. The fourth-order valence-corrected chi connectivity index (χ4v) is 41.3. The number of benzene rings is 12. The summed E-state index contributed by atoms with van der Waals surface area (Å²) in [7, 11) is -6.76. The predicted octanol–water partition coefficient (Wildman–Crippen LogP) is 13.8. The molecule has 0 bridgehead atoms. The Balaban J connectivity index is 1.20. The molecule has 0 atom stereocenters. The number of rotatable bonds is 6. The molecule has 12 aromatic carbocycles. The van der Waals surface area contributed by atoms with Crippen molar-refractivity contribution in [2.45, 2.75) is 77.0 Å². The molecule has 85 heavy (non-hydrogen) atoms. The number of hydrogen-bond acceptors (Lipinski definition) is 0. The molecule has 0 amide bonds. The zero-order chi connectivity index (χ0) is 55.9. The Kier molecular flexibility index (Phi) is 10.7. The Bertz CT molecular complexity index is 4050. The zero-order valence-corrected chi connectivity index (χ0v) is 49.9. The zero-order valence-electron chi connectivity index (χ0n) is 48.1. The Morgan fingerprint density at radius 3 is 0.412 bits per heavy atom. The van der Waals surface area contributed by atoms with Gasteiger partial charge in [-0.2, -0.15) is 0 Å². The topological polar surface area (TPSA) is 0 Å². The second-order valence-corrected chi connectivity index (χ2v) is 37.6. The molecular weight excluding hydrogens is 1090 g/mol. The van der Waals surface area contributed by atoms with Gasteiger partial charge in [-0.05, 0) is 0 Å². The number of fused-ring (bicyclic) bond motifs is 12. The van der Waals surface area contributed by atoms with Crippen LogP contribution in [0.3, 0.4) is 0 Å². The normalized spacial score (nSPS) is 15.4. The van der Waals surface area contributed by atoms with Gasteiger partial charge in [-0.25, -0.2) is 0 Å². The second-order valence-electron chi connectivity index (χ2n) is 25.6. The second kappa shape index (κ2) is 18.3. The van der Waals surface area contributed by atoms with E-state index < -0.39 is 10.7 Å². The van der Waals surface area contributed by atoms with E-state index in [2.05, 4.69) is 255 Å². The van der Waals surface area contributed by atoms with E-state index in [-0.39, 0.29) is 0 Å². The average molecular weight is 1150 g/mol. The Labute approximate surface area is 499 Å². The van der Waals surface area contributed by atoms with E-state index in [0.717, 1.165) is 77.0 Å². The van der Waals surface area contributed by atoms with E-state index in [1.165, 1.54) is 134 Å². The van der Waals surface area contributed by atoms with Crippen LogP contribution < -0.4 is 26.8 Å². The Hall–Kier alpha value is -8.84. The summed E-state index contributed by atoms with van der Waals surface area (Å²) in [5.41, 5.74) is 35.3. The molecule has 0 saturated heterocycles. The molecule has 408 valence electrons. The van der Waals surface area contributed by atoms with Crippen molar-refractivity contribution in [2.75, 3.05) is 0 Å². The third kappa shape index (κ3) is 6.48. The monoisotopic (exact) mass is 1150 g/mol. The van der Waals surface area contributed by atoms with Crippen molar-refractivity contribution >= 4 is 37.5 Å². The van der Waals surface area contributed by atoms with Crippen LogP contribution in [0.15, 0.2) is 255 Å². The molecule has 1 heteroatoms. The summed E-state index contributed by atoms with van der Waals surface area (Å²) < 4.78 is 9.37. The van der Waals surface area contributed by atoms with Crippen LogP contribution in [0.25, 0.3) is 0 Å². The van der Waals surface area contributed by atoms with E-state index in [4.69, 9.17) is 0 Å². The van der Waals surface area contributed by atoms with E-state index in [9.17, 15) is 0 Å². The summed E-state index contributed by atoms with van der Waals surface area (Å²) in [5.74, 6) is 0. The van der Waals surface area contributed by atoms with Gasteiger partial charge in [-0.15, -0.1) is 0 Å². The van der Waals surface area contributed by atoms with Crippen molar-refractivity contribution in [3.63, 3.8) is 0 Å². The van der Waals surface area contributed by atoms with Gasteiger partial charge in [0.25, 0.3) is 0 Å². The van der Waals surface area contributed by atoms with Gasteiger partial charge in [0.15, 0.2) is 0 Å². The van der Waals surface area contributed by atoms with E-state index in [1.807, 2.05) is 0 Å². The van der Waals surface area contributed by atoms with Crippen LogP contribution in [-0.2, 0) is 77.0 Å². The van der Waals surface area contributed by atoms with E-state index >= 15 is 0 Å². The summed E-state index contributed by atoms with van der Waals surface area (Å²) >= 11 is 0. The summed E-state index contributed by atoms with van der Waals surface area (Å²) in [4.78, 5) is 0. The van der Waals surface area contributed by atoms with Gasteiger partial charge in [0.2, 0.25) is 0 Å². The van der Waals surface area contributed by atoms with Crippen LogP contribution in [-0.4, -0.2) is 10.7 Å². The minimum absolute atomic E-state index is 0.850. The van der Waals surface area contributed by atoms with Gasteiger partial charge < -0.3 is 0 Å². The van der Waals surface area contributed by atoms with Crippen LogP contribution >= 0.6 is 0 Å². The Morgan fingerprint density at radius 1 is 0.129 bits per heavy atom. The molecular formula is C84H66Se. The van der Waals surface area contributed by atoms with Gasteiger partial charge >= 0.3 is 503 Å². The molecule has 12 aromatic rings. The summed E-state index contributed by atoms with van der Waals surface area (Å²) in [6.07, 6.45) is 10.5. The van der Waals surface area contributed by atoms with Crippen molar-refractivity contribution in [3.05, 3.63) is 388 Å². The van der Waals surface area contributed by atoms with Crippen molar-refractivity contribution in [1.82, 2.24) is 0 Å². The molecule has 0 aromatic heterocycles. The molecule has 0 N–H and O–H groups in total. The minimum atomic E-state index is -6.76. The first-order valence-electron chi connectivity index (χ1n) is 31.1.